The number of carbonyl (C=O) groups is 2. The van der Waals surface area contributed by atoms with Gasteiger partial charge in [-0.15, -0.1) is 0 Å². The number of nitrogens with one attached hydrogen (secondary N) is 1. The third-order valence-corrected chi connectivity index (χ3v) is 4.66. The Morgan fingerprint density at radius 2 is 1.85 bits per heavy atom. The van der Waals surface area contributed by atoms with Gasteiger partial charge in [-0.3, -0.25) is 0 Å². The Kier molecular flexibility index (Phi) is 6.40. The van der Waals surface area contributed by atoms with Crippen LogP contribution in [0.2, 0.25) is 0 Å². The van der Waals surface area contributed by atoms with Crippen LogP contribution in [-0.4, -0.2) is 27.1 Å². The minimum absolute atomic E-state index is 0.0356. The maximum absolute atomic E-state index is 12.6. The predicted molar refractivity (Wildman–Crippen MR) is 91.4 cm³/mol. The Morgan fingerprint density at radius 3 is 2.46 bits per heavy atom. The molecule has 8 nitrogen and oxygen atoms in total. The smallest absolute Gasteiger partial charge is 0.426 e. The molecule has 9 heteroatoms. The molecule has 0 aliphatic heterocycles. The summed E-state index contributed by atoms with van der Waals surface area (Å²) in [6.07, 6.45) is 0.583. The zero-order valence-corrected chi connectivity index (χ0v) is 15.2. The van der Waals surface area contributed by atoms with Crippen LogP contribution in [0.3, 0.4) is 0 Å². The summed E-state index contributed by atoms with van der Waals surface area (Å²) in [6.45, 7) is 3.59. The first-order valence-electron chi connectivity index (χ1n) is 7.96. The number of aryl methyl sites for hydroxylation is 1. The fourth-order valence-corrected chi connectivity index (χ4v) is 3.39. The molecule has 0 aliphatic rings. The van der Waals surface area contributed by atoms with Gasteiger partial charge < -0.3 is 13.9 Å². The molecule has 1 heterocycles. The number of esters is 1. The van der Waals surface area contributed by atoms with Crippen LogP contribution in [-0.2, 0) is 21.2 Å². The molecule has 0 spiro atoms. The van der Waals surface area contributed by atoms with Gasteiger partial charge in [0.25, 0.3) is 10.0 Å². The third kappa shape index (κ3) is 4.63. The lowest BCUT2D eigenvalue weighted by molar-refractivity contribution is 0.0500. The van der Waals surface area contributed by atoms with Gasteiger partial charge in [-0.25, -0.2) is 22.7 Å². The summed E-state index contributed by atoms with van der Waals surface area (Å²) in [5.41, 5.74) is -0.268. The number of benzene rings is 1. The highest BCUT2D eigenvalue weighted by atomic mass is 32.2. The van der Waals surface area contributed by atoms with Crippen LogP contribution in [0.15, 0.2) is 45.9 Å². The molecule has 2 aromatic rings. The molecule has 0 unspecified atom stereocenters. The Bertz CT molecular complexity index is 872. The van der Waals surface area contributed by atoms with Crippen LogP contribution in [0.5, 0.6) is 5.75 Å². The van der Waals surface area contributed by atoms with Gasteiger partial charge >= 0.3 is 12.1 Å². The minimum atomic E-state index is -4.40. The van der Waals surface area contributed by atoms with E-state index in [1.165, 1.54) is 12.1 Å². The maximum atomic E-state index is 12.6. The van der Waals surface area contributed by atoms with E-state index in [-0.39, 0.29) is 30.1 Å². The van der Waals surface area contributed by atoms with E-state index in [2.05, 4.69) is 0 Å². The minimum Gasteiger partial charge on any atom is -0.467 e. The first-order valence-corrected chi connectivity index (χ1v) is 9.44. The third-order valence-electron chi connectivity index (χ3n) is 3.24. The van der Waals surface area contributed by atoms with Crippen LogP contribution in [0.1, 0.15) is 36.4 Å². The van der Waals surface area contributed by atoms with Crippen molar-refractivity contribution in [1.29, 1.82) is 0 Å². The number of furan rings is 1. The van der Waals surface area contributed by atoms with Crippen LogP contribution < -0.4 is 9.46 Å². The standard InChI is InChI=1S/C17H19NO7S/c1-3-10-23-16(19)13-11-24-14(4-2)15(13)26(21,22)18-17(20)25-12-8-6-5-7-9-12/h5-9,11H,3-4,10H2,1-2H3,(H,18,20). The van der Waals surface area contributed by atoms with Gasteiger partial charge in [0.1, 0.15) is 28.2 Å². The molecule has 1 amide bonds. The number of sulfonamides is 1. The summed E-state index contributed by atoms with van der Waals surface area (Å²) >= 11 is 0. The van der Waals surface area contributed by atoms with Gasteiger partial charge in [0.2, 0.25) is 0 Å². The molecule has 0 aliphatic carbocycles. The largest absolute Gasteiger partial charge is 0.467 e. The Hall–Kier alpha value is -2.81. The number of para-hydroxylation sites is 1. The van der Waals surface area contributed by atoms with Gasteiger partial charge in [0.05, 0.1) is 6.61 Å². The lowest BCUT2D eigenvalue weighted by atomic mass is 10.3. The highest BCUT2D eigenvalue weighted by Crippen LogP contribution is 2.24. The highest BCUT2D eigenvalue weighted by Gasteiger charge is 2.32. The average molecular weight is 381 g/mol. The Balaban J connectivity index is 2.25. The number of rotatable bonds is 7. The topological polar surface area (TPSA) is 112 Å². The lowest BCUT2D eigenvalue weighted by Gasteiger charge is -2.09. The van der Waals surface area contributed by atoms with Crippen molar-refractivity contribution >= 4 is 22.1 Å². The summed E-state index contributed by atoms with van der Waals surface area (Å²) in [6, 6.07) is 7.97. The van der Waals surface area contributed by atoms with Crippen molar-refractivity contribution in [2.24, 2.45) is 0 Å². The van der Waals surface area contributed by atoms with Gasteiger partial charge in [0.15, 0.2) is 0 Å². The molecule has 1 aromatic carbocycles. The Labute approximate surface area is 151 Å². The predicted octanol–water partition coefficient (Wildman–Crippen LogP) is 2.89. The second kappa shape index (κ2) is 8.52. The number of amides is 1. The van der Waals surface area contributed by atoms with E-state index in [1.54, 1.807) is 36.8 Å². The fraction of sp³-hybridized carbons (Fsp3) is 0.294. The van der Waals surface area contributed by atoms with Crippen molar-refractivity contribution in [3.8, 4) is 5.75 Å². The molecule has 0 saturated heterocycles. The number of carbonyl (C=O) groups excluding carboxylic acids is 2. The summed E-state index contributed by atoms with van der Waals surface area (Å²) in [5.74, 6) is -0.633. The molecule has 0 saturated carbocycles. The van der Waals surface area contributed by atoms with Crippen LogP contribution in [0.4, 0.5) is 4.79 Å². The van der Waals surface area contributed by atoms with Crippen LogP contribution >= 0.6 is 0 Å². The zero-order chi connectivity index (χ0) is 19.2. The molecule has 1 N–H and O–H groups in total. The van der Waals surface area contributed by atoms with Crippen LogP contribution in [0, 0.1) is 0 Å². The van der Waals surface area contributed by atoms with Crippen molar-refractivity contribution in [3.63, 3.8) is 0 Å². The number of ether oxygens (including phenoxy) is 2. The fourth-order valence-electron chi connectivity index (χ4n) is 2.12. The number of hydrogen-bond acceptors (Lipinski definition) is 7. The van der Waals surface area contributed by atoms with Gasteiger partial charge in [-0.05, 0) is 18.6 Å². The normalized spacial score (nSPS) is 11.0. The van der Waals surface area contributed by atoms with Crippen molar-refractivity contribution in [1.82, 2.24) is 4.72 Å². The molecule has 0 fully saturated rings. The van der Waals surface area contributed by atoms with Crippen LogP contribution in [0.25, 0.3) is 0 Å². The molecule has 140 valence electrons. The molecule has 1 aromatic heterocycles. The van der Waals surface area contributed by atoms with E-state index in [0.29, 0.717) is 6.42 Å². The maximum Gasteiger partial charge on any atom is 0.426 e. The van der Waals surface area contributed by atoms with E-state index >= 15 is 0 Å². The summed E-state index contributed by atoms with van der Waals surface area (Å²) in [7, 11) is -4.40. The van der Waals surface area contributed by atoms with Gasteiger partial charge in [-0.2, -0.15) is 0 Å². The summed E-state index contributed by atoms with van der Waals surface area (Å²) in [5, 5.41) is 0. The lowest BCUT2D eigenvalue weighted by Crippen LogP contribution is -2.34. The molecular formula is C17H19NO7S. The highest BCUT2D eigenvalue weighted by molar-refractivity contribution is 7.90. The second-order valence-electron chi connectivity index (χ2n) is 5.20. The quantitative estimate of drug-likeness (QED) is 0.734. The van der Waals surface area contributed by atoms with Crippen molar-refractivity contribution in [3.05, 3.63) is 47.9 Å². The van der Waals surface area contributed by atoms with E-state index < -0.39 is 27.0 Å². The van der Waals surface area contributed by atoms with Crippen molar-refractivity contribution < 1.29 is 31.9 Å². The first kappa shape index (κ1) is 19.5. The summed E-state index contributed by atoms with van der Waals surface area (Å²) in [4.78, 5) is 23.6. The zero-order valence-electron chi connectivity index (χ0n) is 14.4. The Morgan fingerprint density at radius 1 is 1.15 bits per heavy atom. The van der Waals surface area contributed by atoms with E-state index in [9.17, 15) is 18.0 Å². The van der Waals surface area contributed by atoms with Gasteiger partial charge in [-0.1, -0.05) is 32.0 Å². The monoisotopic (exact) mass is 381 g/mol. The van der Waals surface area contributed by atoms with E-state index in [4.69, 9.17) is 13.9 Å². The second-order valence-corrected chi connectivity index (χ2v) is 6.82. The van der Waals surface area contributed by atoms with E-state index in [0.717, 1.165) is 6.26 Å². The molecule has 2 rings (SSSR count). The molecule has 0 atom stereocenters. The molecule has 0 bridgehead atoms. The van der Waals surface area contributed by atoms with Crippen molar-refractivity contribution in [2.75, 3.05) is 6.61 Å². The molecular weight excluding hydrogens is 362 g/mol. The van der Waals surface area contributed by atoms with E-state index in [1.807, 2.05) is 0 Å². The van der Waals surface area contributed by atoms with Gasteiger partial charge in [0, 0.05) is 6.42 Å². The molecule has 26 heavy (non-hydrogen) atoms. The average Bonchev–Trinajstić information content (AvgIpc) is 3.05. The van der Waals surface area contributed by atoms with Crippen molar-refractivity contribution in [2.45, 2.75) is 31.6 Å². The first-order chi connectivity index (χ1) is 12.4. The molecule has 0 radical (unpaired) electrons. The SMILES string of the molecule is CCCOC(=O)c1coc(CC)c1S(=O)(=O)NC(=O)Oc1ccccc1. The number of hydrogen-bond donors (Lipinski definition) is 1. The summed E-state index contributed by atoms with van der Waals surface area (Å²) < 4.78 is 42.0.